The molecule has 1 atom stereocenters. The number of hydrogen-bond donors (Lipinski definition) is 5. The van der Waals surface area contributed by atoms with Crippen LogP contribution < -0.4 is 16.4 Å². The van der Waals surface area contributed by atoms with Crippen LogP contribution in [0.5, 0.6) is 0 Å². The van der Waals surface area contributed by atoms with Crippen molar-refractivity contribution < 1.29 is 19.5 Å². The first-order chi connectivity index (χ1) is 20.7. The number of rotatable bonds is 11. The van der Waals surface area contributed by atoms with Crippen LogP contribution in [0.25, 0.3) is 10.8 Å². The molecule has 2 aromatic carbocycles. The Labute approximate surface area is 251 Å². The molecule has 1 amide bonds. The summed E-state index contributed by atoms with van der Waals surface area (Å²) in [6.07, 6.45) is 8.37. The Kier molecular flexibility index (Phi) is 9.42. The second kappa shape index (κ2) is 13.4. The molecule has 2 aromatic rings. The lowest BCUT2D eigenvalue weighted by atomic mass is 9.85. The predicted molar refractivity (Wildman–Crippen MR) is 165 cm³/mol. The number of allylic oxidation sites excluding steroid dienone is 3. The number of nitrogens with two attached hydrogens (primary N) is 1. The van der Waals surface area contributed by atoms with Gasteiger partial charge in [0.1, 0.15) is 6.04 Å². The fourth-order valence-corrected chi connectivity index (χ4v) is 6.54. The molecule has 1 spiro atoms. The van der Waals surface area contributed by atoms with Gasteiger partial charge in [-0.3, -0.25) is 24.8 Å². The van der Waals surface area contributed by atoms with Crippen LogP contribution >= 0.6 is 0 Å². The second-order valence-corrected chi connectivity index (χ2v) is 11.8. The first-order valence-corrected chi connectivity index (χ1v) is 14.9. The van der Waals surface area contributed by atoms with E-state index in [1.165, 1.54) is 16.3 Å². The molecule has 1 aliphatic carbocycles. The second-order valence-electron chi connectivity index (χ2n) is 11.8. The van der Waals surface area contributed by atoms with E-state index in [0.717, 1.165) is 38.2 Å². The van der Waals surface area contributed by atoms with E-state index in [4.69, 9.17) is 11.1 Å². The third-order valence-electron chi connectivity index (χ3n) is 8.74. The summed E-state index contributed by atoms with van der Waals surface area (Å²) in [7, 11) is 0. The maximum absolute atomic E-state index is 13.0. The molecule has 228 valence electrons. The summed E-state index contributed by atoms with van der Waals surface area (Å²) >= 11 is 0. The maximum Gasteiger partial charge on any atom is 0.326 e. The van der Waals surface area contributed by atoms with Crippen LogP contribution in [0.1, 0.15) is 37.7 Å². The molecule has 43 heavy (non-hydrogen) atoms. The molecule has 2 heterocycles. The fourth-order valence-electron chi connectivity index (χ4n) is 6.54. The Hall–Kier alpha value is -4.22. The molecule has 11 nitrogen and oxygen atoms in total. The number of likely N-dealkylation sites (tertiary alicyclic amines) is 1. The Morgan fingerprint density at radius 2 is 1.84 bits per heavy atom. The lowest BCUT2D eigenvalue weighted by Crippen LogP contribution is -2.53. The number of carbonyl (C=O) groups excluding carboxylic acids is 2. The van der Waals surface area contributed by atoms with Gasteiger partial charge in [0.15, 0.2) is 11.7 Å². The van der Waals surface area contributed by atoms with Crippen molar-refractivity contribution in [3.63, 3.8) is 0 Å². The van der Waals surface area contributed by atoms with Gasteiger partial charge in [-0.25, -0.2) is 4.79 Å². The van der Waals surface area contributed by atoms with Gasteiger partial charge in [-0.2, -0.15) is 0 Å². The number of aliphatic carboxylic acids is 1. The number of piperidine rings is 1. The van der Waals surface area contributed by atoms with Gasteiger partial charge in [0.25, 0.3) is 0 Å². The van der Waals surface area contributed by atoms with Gasteiger partial charge in [0, 0.05) is 44.8 Å². The van der Waals surface area contributed by atoms with Gasteiger partial charge in [0.05, 0.1) is 18.8 Å². The Morgan fingerprint density at radius 1 is 1.07 bits per heavy atom. The number of carbonyl (C=O) groups is 3. The number of amides is 1. The minimum Gasteiger partial charge on any atom is -0.480 e. The van der Waals surface area contributed by atoms with E-state index in [1.807, 2.05) is 12.2 Å². The van der Waals surface area contributed by atoms with Crippen molar-refractivity contribution in [2.24, 2.45) is 5.73 Å². The molecule has 3 aliphatic rings. The highest BCUT2D eigenvalue weighted by atomic mass is 16.4. The van der Waals surface area contributed by atoms with Gasteiger partial charge in [-0.15, -0.1) is 0 Å². The average molecular weight is 588 g/mol. The molecule has 0 saturated carbocycles. The van der Waals surface area contributed by atoms with Gasteiger partial charge in [-0.05, 0) is 54.2 Å². The Morgan fingerprint density at radius 3 is 2.56 bits per heavy atom. The number of guanidine groups is 1. The third kappa shape index (κ3) is 7.41. The minimum atomic E-state index is -1.09. The van der Waals surface area contributed by atoms with E-state index in [1.54, 1.807) is 6.08 Å². The maximum atomic E-state index is 13.0. The lowest BCUT2D eigenvalue weighted by molar-refractivity contribution is -0.142. The quantitative estimate of drug-likeness (QED) is 0.151. The molecular weight excluding hydrogens is 546 g/mol. The van der Waals surface area contributed by atoms with Crippen LogP contribution in [0.4, 0.5) is 0 Å². The van der Waals surface area contributed by atoms with Crippen LogP contribution in [0, 0.1) is 5.41 Å². The fraction of sp³-hybridized carbons (Fsp3) is 0.438. The average Bonchev–Trinajstić information content (AvgIpc) is 3.33. The summed E-state index contributed by atoms with van der Waals surface area (Å²) < 4.78 is 0. The number of nitrogens with one attached hydrogen (secondary N) is 3. The van der Waals surface area contributed by atoms with Gasteiger partial charge in [-0.1, -0.05) is 48.5 Å². The first kappa shape index (κ1) is 30.2. The summed E-state index contributed by atoms with van der Waals surface area (Å²) in [4.78, 5) is 43.6. The molecule has 2 saturated heterocycles. The monoisotopic (exact) mass is 587 g/mol. The Balaban J connectivity index is 1.23. The molecule has 0 bridgehead atoms. The van der Waals surface area contributed by atoms with Crippen LogP contribution in [0.3, 0.4) is 0 Å². The summed E-state index contributed by atoms with van der Waals surface area (Å²) in [5, 5.41) is 24.7. The first-order valence-electron chi connectivity index (χ1n) is 14.9. The standard InChI is InChI=1S/C32H41N7O4/c33-31(34)35-16-4-9-28(30(42)43)36-29(41)20-38-21-32(39(22-38)25-10-12-26(40)13-11-25)14-17-37(18-15-32)19-24-7-3-6-23-5-1-2-8-27(23)24/h1-3,5-8,10-12,28H,4,9,13-22H2,(H,36,41)(H,42,43)(H4,33,34,35)/t28-/m0/s1. The van der Waals surface area contributed by atoms with Crippen molar-refractivity contribution in [3.05, 3.63) is 72.0 Å². The highest BCUT2D eigenvalue weighted by molar-refractivity contribution is 5.92. The highest BCUT2D eigenvalue weighted by Gasteiger charge is 2.47. The van der Waals surface area contributed by atoms with Crippen LogP contribution in [-0.2, 0) is 20.9 Å². The zero-order valence-electron chi connectivity index (χ0n) is 24.4. The number of benzene rings is 2. The molecular formula is C32H41N7O4. The van der Waals surface area contributed by atoms with Crippen molar-refractivity contribution in [1.29, 1.82) is 5.41 Å². The molecule has 5 rings (SSSR count). The van der Waals surface area contributed by atoms with E-state index < -0.39 is 12.0 Å². The number of carboxylic acid groups (broad SMARTS) is 1. The molecule has 2 fully saturated rings. The summed E-state index contributed by atoms with van der Waals surface area (Å²) in [6, 6.07) is 13.9. The smallest absolute Gasteiger partial charge is 0.326 e. The largest absolute Gasteiger partial charge is 0.480 e. The van der Waals surface area contributed by atoms with E-state index in [0.29, 0.717) is 32.6 Å². The molecule has 6 N–H and O–H groups in total. The molecule has 0 unspecified atom stereocenters. The summed E-state index contributed by atoms with van der Waals surface area (Å²) in [5.74, 6) is -1.51. The van der Waals surface area contributed by atoms with Crippen LogP contribution in [0.2, 0.25) is 0 Å². The number of fused-ring (bicyclic) bond motifs is 1. The van der Waals surface area contributed by atoms with Crippen LogP contribution in [-0.4, -0.2) is 94.4 Å². The SMILES string of the molecule is N=C(N)NCCC[C@H](NC(=O)CN1CN(C2=CCC(=O)C=C2)C2(CCN(Cc3cccc4ccccc34)CC2)C1)C(=O)O. The van der Waals surface area contributed by atoms with Crippen molar-refractivity contribution >= 4 is 34.4 Å². The molecule has 0 aromatic heterocycles. The van der Waals surface area contributed by atoms with Gasteiger partial charge >= 0.3 is 5.97 Å². The van der Waals surface area contributed by atoms with Crippen molar-refractivity contribution in [3.8, 4) is 0 Å². The van der Waals surface area contributed by atoms with E-state index in [9.17, 15) is 19.5 Å². The highest BCUT2D eigenvalue weighted by Crippen LogP contribution is 2.39. The zero-order valence-corrected chi connectivity index (χ0v) is 24.4. The predicted octanol–water partition coefficient (Wildman–Crippen LogP) is 2.00. The minimum absolute atomic E-state index is 0.0800. The topological polar surface area (TPSA) is 155 Å². The third-order valence-corrected chi connectivity index (χ3v) is 8.74. The van der Waals surface area contributed by atoms with Crippen molar-refractivity contribution in [2.45, 2.75) is 50.2 Å². The number of hydrogen-bond acceptors (Lipinski definition) is 7. The molecule has 2 aliphatic heterocycles. The van der Waals surface area contributed by atoms with E-state index >= 15 is 0 Å². The van der Waals surface area contributed by atoms with Gasteiger partial charge in [0.2, 0.25) is 5.91 Å². The van der Waals surface area contributed by atoms with Crippen molar-refractivity contribution in [1.82, 2.24) is 25.3 Å². The normalized spacial score (nSPS) is 19.4. The number of nitrogens with zero attached hydrogens (tertiary/aromatic N) is 3. The number of carboxylic acids is 1. The lowest BCUT2D eigenvalue weighted by Gasteiger charge is -2.46. The van der Waals surface area contributed by atoms with Crippen molar-refractivity contribution in [2.75, 3.05) is 39.4 Å². The zero-order chi connectivity index (χ0) is 30.4. The summed E-state index contributed by atoms with van der Waals surface area (Å²) in [6.45, 7) is 4.35. The number of ketones is 1. The van der Waals surface area contributed by atoms with Gasteiger partial charge < -0.3 is 26.4 Å². The summed E-state index contributed by atoms with van der Waals surface area (Å²) in [5.41, 5.74) is 7.42. The van der Waals surface area contributed by atoms with E-state index in [-0.39, 0.29) is 36.2 Å². The molecule has 11 heteroatoms. The molecule has 0 radical (unpaired) electrons. The van der Waals surface area contributed by atoms with Crippen LogP contribution in [0.15, 0.2) is 66.4 Å². The van der Waals surface area contributed by atoms with E-state index in [2.05, 4.69) is 67.8 Å². The Bertz CT molecular complexity index is 1420.